The van der Waals surface area contributed by atoms with Gasteiger partial charge in [-0.15, -0.1) is 0 Å². The molecule has 112 valence electrons. The second kappa shape index (κ2) is 5.73. The highest BCUT2D eigenvalue weighted by Gasteiger charge is 2.27. The van der Waals surface area contributed by atoms with Crippen molar-refractivity contribution in [3.05, 3.63) is 29.7 Å². The first-order chi connectivity index (χ1) is 10.2. The maximum Gasteiger partial charge on any atom is 0.212 e. The molecular weight excluding hydrogens is 277 g/mol. The third-order valence-corrected chi connectivity index (χ3v) is 3.62. The number of halogens is 1. The summed E-state index contributed by atoms with van der Waals surface area (Å²) in [5, 5.41) is 13.1. The molecule has 0 atom stereocenters. The summed E-state index contributed by atoms with van der Waals surface area (Å²) in [5.41, 5.74) is 0.481. The lowest BCUT2D eigenvalue weighted by atomic mass is 9.96. The molecule has 6 heteroatoms. The Kier molecular flexibility index (Phi) is 3.79. The molecule has 1 aromatic heterocycles. The molecule has 1 saturated carbocycles. The number of aliphatic hydroxyl groups excluding tert-OH is 1. The van der Waals surface area contributed by atoms with Crippen LogP contribution in [0.25, 0.3) is 11.3 Å². The highest BCUT2D eigenvalue weighted by atomic mass is 19.1. The van der Waals surface area contributed by atoms with Gasteiger partial charge in [0, 0.05) is 0 Å². The number of ether oxygens (including phenoxy) is 2. The van der Waals surface area contributed by atoms with E-state index in [1.165, 1.54) is 25.3 Å². The highest BCUT2D eigenvalue weighted by molar-refractivity contribution is 5.67. The summed E-state index contributed by atoms with van der Waals surface area (Å²) in [6.07, 6.45) is 3.06. The van der Waals surface area contributed by atoms with Crippen LogP contribution in [0.15, 0.2) is 22.7 Å². The van der Waals surface area contributed by atoms with E-state index in [2.05, 4.69) is 5.16 Å². The number of nitrogens with zero attached hydrogens (tertiary/aromatic N) is 1. The number of aromatic nitrogens is 1. The molecular formula is C15H16FNO4. The summed E-state index contributed by atoms with van der Waals surface area (Å²) < 4.78 is 30.2. The van der Waals surface area contributed by atoms with E-state index in [4.69, 9.17) is 14.0 Å². The van der Waals surface area contributed by atoms with Crippen LogP contribution in [0.2, 0.25) is 0 Å². The zero-order valence-corrected chi connectivity index (χ0v) is 11.6. The molecule has 2 aromatic rings. The zero-order valence-electron chi connectivity index (χ0n) is 11.6. The van der Waals surface area contributed by atoms with Crippen molar-refractivity contribution in [2.45, 2.75) is 32.0 Å². The molecule has 0 saturated heterocycles. The van der Waals surface area contributed by atoms with Gasteiger partial charge in [-0.05, 0) is 37.5 Å². The second-order valence-electron chi connectivity index (χ2n) is 4.96. The molecule has 1 heterocycles. The first-order valence-corrected chi connectivity index (χ1v) is 6.83. The van der Waals surface area contributed by atoms with Crippen LogP contribution in [0, 0.1) is 5.82 Å². The molecule has 21 heavy (non-hydrogen) atoms. The molecule has 1 aliphatic carbocycles. The number of rotatable bonds is 5. The predicted molar refractivity (Wildman–Crippen MR) is 72.6 cm³/mol. The van der Waals surface area contributed by atoms with E-state index < -0.39 is 5.82 Å². The van der Waals surface area contributed by atoms with Crippen LogP contribution in [-0.2, 0) is 6.61 Å². The molecule has 1 N–H and O–H groups in total. The Balaban J connectivity index is 2.02. The van der Waals surface area contributed by atoms with Crippen molar-refractivity contribution in [2.24, 2.45) is 0 Å². The molecule has 0 unspecified atom stereocenters. The average molecular weight is 293 g/mol. The SMILES string of the molecule is COc1ccc(F)c(-c2onc(CO)c2OC2CCC2)c1. The maximum absolute atomic E-state index is 14.1. The van der Waals surface area contributed by atoms with Crippen LogP contribution in [0.5, 0.6) is 11.5 Å². The van der Waals surface area contributed by atoms with Crippen molar-refractivity contribution in [2.75, 3.05) is 7.11 Å². The van der Waals surface area contributed by atoms with Gasteiger partial charge in [0.15, 0.2) is 11.4 Å². The average Bonchev–Trinajstić information content (AvgIpc) is 2.86. The molecule has 1 aliphatic rings. The van der Waals surface area contributed by atoms with E-state index in [0.717, 1.165) is 19.3 Å². The Hall–Kier alpha value is -2.08. The summed E-state index contributed by atoms with van der Waals surface area (Å²) in [6, 6.07) is 4.34. The van der Waals surface area contributed by atoms with Crippen LogP contribution < -0.4 is 9.47 Å². The first-order valence-electron chi connectivity index (χ1n) is 6.83. The van der Waals surface area contributed by atoms with Crippen LogP contribution in [0.4, 0.5) is 4.39 Å². The maximum atomic E-state index is 14.1. The normalized spacial score (nSPS) is 14.8. The summed E-state index contributed by atoms with van der Waals surface area (Å²) in [6.45, 7) is -0.322. The van der Waals surface area contributed by atoms with Crippen molar-refractivity contribution in [3.8, 4) is 22.8 Å². The molecule has 0 spiro atoms. The van der Waals surface area contributed by atoms with Gasteiger partial charge in [0.1, 0.15) is 11.6 Å². The molecule has 3 rings (SSSR count). The largest absolute Gasteiger partial charge is 0.497 e. The highest BCUT2D eigenvalue weighted by Crippen LogP contribution is 2.39. The van der Waals surface area contributed by atoms with Crippen molar-refractivity contribution in [3.63, 3.8) is 0 Å². The topological polar surface area (TPSA) is 64.7 Å². The van der Waals surface area contributed by atoms with Gasteiger partial charge in [-0.2, -0.15) is 0 Å². The van der Waals surface area contributed by atoms with E-state index in [1.54, 1.807) is 0 Å². The Morgan fingerprint density at radius 3 is 2.86 bits per heavy atom. The van der Waals surface area contributed by atoms with Crippen LogP contribution in [0.1, 0.15) is 25.0 Å². The third kappa shape index (κ3) is 2.58. The molecule has 0 bridgehead atoms. The number of aliphatic hydroxyl groups is 1. The van der Waals surface area contributed by atoms with Gasteiger partial charge in [-0.25, -0.2) is 4.39 Å². The van der Waals surface area contributed by atoms with E-state index in [9.17, 15) is 9.50 Å². The lowest BCUT2D eigenvalue weighted by Gasteiger charge is -2.26. The Morgan fingerprint density at radius 2 is 2.24 bits per heavy atom. The molecule has 1 fully saturated rings. The van der Waals surface area contributed by atoms with Crippen molar-refractivity contribution >= 4 is 0 Å². The number of benzene rings is 1. The molecule has 0 amide bonds. The Labute approximate surface area is 121 Å². The minimum absolute atomic E-state index is 0.0714. The summed E-state index contributed by atoms with van der Waals surface area (Å²) in [5.74, 6) is 0.537. The second-order valence-corrected chi connectivity index (χ2v) is 4.96. The third-order valence-electron chi connectivity index (χ3n) is 3.62. The smallest absolute Gasteiger partial charge is 0.212 e. The summed E-state index contributed by atoms with van der Waals surface area (Å²) in [4.78, 5) is 0. The van der Waals surface area contributed by atoms with Gasteiger partial charge in [-0.3, -0.25) is 0 Å². The Morgan fingerprint density at radius 1 is 1.43 bits per heavy atom. The molecule has 0 aliphatic heterocycles. The van der Waals surface area contributed by atoms with Gasteiger partial charge in [-0.1, -0.05) is 5.16 Å². The summed E-state index contributed by atoms with van der Waals surface area (Å²) >= 11 is 0. The quantitative estimate of drug-likeness (QED) is 0.918. The van der Waals surface area contributed by atoms with Gasteiger partial charge >= 0.3 is 0 Å². The zero-order chi connectivity index (χ0) is 14.8. The van der Waals surface area contributed by atoms with Crippen LogP contribution >= 0.6 is 0 Å². The minimum Gasteiger partial charge on any atom is -0.497 e. The predicted octanol–water partition coefficient (Wildman–Crippen LogP) is 2.91. The number of hydrogen-bond donors (Lipinski definition) is 1. The monoisotopic (exact) mass is 293 g/mol. The van der Waals surface area contributed by atoms with Crippen LogP contribution in [0.3, 0.4) is 0 Å². The molecule has 5 nitrogen and oxygen atoms in total. The van der Waals surface area contributed by atoms with Crippen LogP contribution in [-0.4, -0.2) is 23.5 Å². The van der Waals surface area contributed by atoms with Gasteiger partial charge in [0.25, 0.3) is 0 Å². The van der Waals surface area contributed by atoms with Gasteiger partial charge in [0.2, 0.25) is 5.76 Å². The number of hydrogen-bond acceptors (Lipinski definition) is 5. The summed E-state index contributed by atoms with van der Waals surface area (Å²) in [7, 11) is 1.50. The Bertz CT molecular complexity index is 637. The standard InChI is InChI=1S/C15H16FNO4/c1-19-10-5-6-12(16)11(7-10)14-15(13(8-18)17-21-14)20-9-3-2-4-9/h5-7,9,18H,2-4,8H2,1H3. The molecule has 1 aromatic carbocycles. The van der Waals surface area contributed by atoms with E-state index in [-0.39, 0.29) is 29.7 Å². The minimum atomic E-state index is -0.463. The van der Waals surface area contributed by atoms with Gasteiger partial charge < -0.3 is 19.1 Å². The van der Waals surface area contributed by atoms with E-state index in [0.29, 0.717) is 11.5 Å². The fourth-order valence-corrected chi connectivity index (χ4v) is 2.17. The lowest BCUT2D eigenvalue weighted by molar-refractivity contribution is 0.117. The van der Waals surface area contributed by atoms with E-state index in [1.807, 2.05) is 0 Å². The van der Waals surface area contributed by atoms with E-state index >= 15 is 0 Å². The first kappa shape index (κ1) is 13.9. The van der Waals surface area contributed by atoms with Crippen molar-refractivity contribution in [1.82, 2.24) is 5.16 Å². The van der Waals surface area contributed by atoms with Gasteiger partial charge in [0.05, 0.1) is 25.4 Å². The van der Waals surface area contributed by atoms with Crippen molar-refractivity contribution < 1.29 is 23.5 Å². The molecule has 0 radical (unpaired) electrons. The van der Waals surface area contributed by atoms with Crippen molar-refractivity contribution in [1.29, 1.82) is 0 Å². The fourth-order valence-electron chi connectivity index (χ4n) is 2.17. The fraction of sp³-hybridized carbons (Fsp3) is 0.400. The number of methoxy groups -OCH3 is 1. The lowest BCUT2D eigenvalue weighted by Crippen LogP contribution is -2.25.